The first-order valence-corrected chi connectivity index (χ1v) is 6.75. The second kappa shape index (κ2) is 6.95. The molecule has 0 aliphatic rings. The Hall–Kier alpha value is -1.81. The Morgan fingerprint density at radius 2 is 2.05 bits per heavy atom. The summed E-state index contributed by atoms with van der Waals surface area (Å²) >= 11 is 0. The van der Waals surface area contributed by atoms with Crippen LogP contribution in [0, 0.1) is 0 Å². The normalized spacial score (nSPS) is 10.9. The highest BCUT2D eigenvalue weighted by atomic mass is 16.4. The molecule has 0 radical (unpaired) electrons. The van der Waals surface area contributed by atoms with Gasteiger partial charge in [-0.05, 0) is 44.0 Å². The van der Waals surface area contributed by atoms with Crippen LogP contribution in [-0.4, -0.2) is 29.1 Å². The van der Waals surface area contributed by atoms with Crippen molar-refractivity contribution in [1.82, 2.24) is 10.3 Å². The van der Waals surface area contributed by atoms with Crippen LogP contribution in [0.2, 0.25) is 0 Å². The quantitative estimate of drug-likeness (QED) is 0.639. The number of H-pyrrole nitrogens is 1. The van der Waals surface area contributed by atoms with Gasteiger partial charge in [0, 0.05) is 23.5 Å². The molecule has 0 aliphatic carbocycles. The van der Waals surface area contributed by atoms with Crippen molar-refractivity contribution in [1.29, 1.82) is 0 Å². The van der Waals surface area contributed by atoms with E-state index in [2.05, 4.69) is 34.7 Å². The zero-order chi connectivity index (χ0) is 13.5. The molecular weight excluding hydrogens is 240 g/mol. The number of nitrogens with one attached hydrogen (secondary N) is 2. The monoisotopic (exact) mass is 260 g/mol. The maximum atomic E-state index is 10.3. The van der Waals surface area contributed by atoms with E-state index in [-0.39, 0.29) is 6.42 Å². The fourth-order valence-electron chi connectivity index (χ4n) is 2.21. The van der Waals surface area contributed by atoms with Gasteiger partial charge in [-0.1, -0.05) is 18.2 Å². The third-order valence-electron chi connectivity index (χ3n) is 3.24. The number of aromatic amines is 1. The summed E-state index contributed by atoms with van der Waals surface area (Å²) in [5, 5.41) is 13.2. The van der Waals surface area contributed by atoms with Crippen molar-refractivity contribution in [3.05, 3.63) is 36.0 Å². The predicted octanol–water partition coefficient (Wildman–Crippen LogP) is 2.55. The summed E-state index contributed by atoms with van der Waals surface area (Å²) in [6.07, 6.45) is 4.99. The van der Waals surface area contributed by atoms with Crippen molar-refractivity contribution in [2.45, 2.75) is 25.7 Å². The molecular formula is C15H20N2O2. The Balaban J connectivity index is 1.67. The van der Waals surface area contributed by atoms with Gasteiger partial charge >= 0.3 is 5.97 Å². The third-order valence-corrected chi connectivity index (χ3v) is 3.24. The second-order valence-electron chi connectivity index (χ2n) is 4.71. The number of carboxylic acids is 1. The Labute approximate surface area is 112 Å². The van der Waals surface area contributed by atoms with Crippen LogP contribution in [0.15, 0.2) is 30.5 Å². The second-order valence-corrected chi connectivity index (χ2v) is 4.71. The molecule has 2 rings (SSSR count). The molecule has 1 aromatic carbocycles. The van der Waals surface area contributed by atoms with E-state index >= 15 is 0 Å². The number of carboxylic acid groups (broad SMARTS) is 1. The summed E-state index contributed by atoms with van der Waals surface area (Å²) in [5.41, 5.74) is 2.51. The molecule has 0 saturated heterocycles. The van der Waals surface area contributed by atoms with E-state index in [1.165, 1.54) is 16.5 Å². The first-order valence-electron chi connectivity index (χ1n) is 6.75. The first-order chi connectivity index (χ1) is 9.27. The molecule has 0 unspecified atom stereocenters. The summed E-state index contributed by atoms with van der Waals surface area (Å²) in [7, 11) is 0. The minimum atomic E-state index is -0.709. The maximum absolute atomic E-state index is 10.3. The van der Waals surface area contributed by atoms with Gasteiger partial charge in [0.1, 0.15) is 0 Å². The maximum Gasteiger partial charge on any atom is 0.303 e. The number of para-hydroxylation sites is 1. The Morgan fingerprint density at radius 3 is 2.89 bits per heavy atom. The van der Waals surface area contributed by atoms with E-state index in [1.807, 2.05) is 6.07 Å². The molecule has 1 heterocycles. The Bertz CT molecular complexity index is 534. The summed E-state index contributed by atoms with van der Waals surface area (Å²) in [5.74, 6) is -0.709. The van der Waals surface area contributed by atoms with E-state index in [0.29, 0.717) is 0 Å². The standard InChI is InChI=1S/C15H20N2O2/c18-15(19)7-3-4-9-16-10-8-12-11-17-14-6-2-1-5-13(12)14/h1-2,5-6,11,16-17H,3-4,7-10H2,(H,18,19). The average molecular weight is 260 g/mol. The lowest BCUT2D eigenvalue weighted by atomic mass is 10.1. The summed E-state index contributed by atoms with van der Waals surface area (Å²) in [4.78, 5) is 13.6. The largest absolute Gasteiger partial charge is 0.481 e. The lowest BCUT2D eigenvalue weighted by Crippen LogP contribution is -2.18. The van der Waals surface area contributed by atoms with Gasteiger partial charge in [-0.3, -0.25) is 4.79 Å². The molecule has 19 heavy (non-hydrogen) atoms. The highest BCUT2D eigenvalue weighted by Crippen LogP contribution is 2.17. The van der Waals surface area contributed by atoms with Crippen molar-refractivity contribution < 1.29 is 9.90 Å². The molecule has 2 aromatic rings. The van der Waals surface area contributed by atoms with Gasteiger partial charge < -0.3 is 15.4 Å². The van der Waals surface area contributed by atoms with Gasteiger partial charge in [0.2, 0.25) is 0 Å². The molecule has 0 aliphatic heterocycles. The highest BCUT2D eigenvalue weighted by molar-refractivity contribution is 5.83. The van der Waals surface area contributed by atoms with Crippen LogP contribution >= 0.6 is 0 Å². The van der Waals surface area contributed by atoms with Gasteiger partial charge in [-0.2, -0.15) is 0 Å². The fraction of sp³-hybridized carbons (Fsp3) is 0.400. The van der Waals surface area contributed by atoms with Crippen molar-refractivity contribution in [3.8, 4) is 0 Å². The number of hydrogen-bond donors (Lipinski definition) is 3. The predicted molar refractivity (Wildman–Crippen MR) is 76.4 cm³/mol. The number of fused-ring (bicyclic) bond motifs is 1. The zero-order valence-corrected chi connectivity index (χ0v) is 11.0. The zero-order valence-electron chi connectivity index (χ0n) is 11.0. The summed E-state index contributed by atoms with van der Waals surface area (Å²) < 4.78 is 0. The van der Waals surface area contributed by atoms with Crippen LogP contribution in [0.25, 0.3) is 10.9 Å². The molecule has 4 heteroatoms. The molecule has 0 spiro atoms. The smallest absolute Gasteiger partial charge is 0.303 e. The van der Waals surface area contributed by atoms with E-state index in [1.54, 1.807) is 0 Å². The van der Waals surface area contributed by atoms with Gasteiger partial charge in [0.15, 0.2) is 0 Å². The van der Waals surface area contributed by atoms with E-state index < -0.39 is 5.97 Å². The van der Waals surface area contributed by atoms with E-state index in [0.717, 1.165) is 32.4 Å². The first kappa shape index (κ1) is 13.6. The molecule has 0 fully saturated rings. The van der Waals surface area contributed by atoms with E-state index in [4.69, 9.17) is 5.11 Å². The van der Waals surface area contributed by atoms with Gasteiger partial charge in [0.05, 0.1) is 0 Å². The van der Waals surface area contributed by atoms with Gasteiger partial charge in [0.25, 0.3) is 0 Å². The molecule has 0 bridgehead atoms. The minimum absolute atomic E-state index is 0.268. The number of benzene rings is 1. The summed E-state index contributed by atoms with van der Waals surface area (Å²) in [6.45, 7) is 1.81. The third kappa shape index (κ3) is 4.10. The molecule has 102 valence electrons. The number of aromatic nitrogens is 1. The number of hydrogen-bond acceptors (Lipinski definition) is 2. The lowest BCUT2D eigenvalue weighted by molar-refractivity contribution is -0.137. The SMILES string of the molecule is O=C(O)CCCCNCCc1c[nH]c2ccccc12. The van der Waals surface area contributed by atoms with Crippen LogP contribution in [0.3, 0.4) is 0 Å². The van der Waals surface area contributed by atoms with Crippen LogP contribution in [0.4, 0.5) is 0 Å². The Morgan fingerprint density at radius 1 is 1.21 bits per heavy atom. The number of rotatable bonds is 8. The van der Waals surface area contributed by atoms with Crippen LogP contribution in [-0.2, 0) is 11.2 Å². The number of carbonyl (C=O) groups is 1. The fourth-order valence-corrected chi connectivity index (χ4v) is 2.21. The topological polar surface area (TPSA) is 65.1 Å². The minimum Gasteiger partial charge on any atom is -0.481 e. The molecule has 3 N–H and O–H groups in total. The van der Waals surface area contributed by atoms with Crippen LogP contribution < -0.4 is 5.32 Å². The van der Waals surface area contributed by atoms with Crippen LogP contribution in [0.5, 0.6) is 0 Å². The van der Waals surface area contributed by atoms with Crippen molar-refractivity contribution >= 4 is 16.9 Å². The van der Waals surface area contributed by atoms with Crippen molar-refractivity contribution in [2.24, 2.45) is 0 Å². The van der Waals surface area contributed by atoms with Crippen molar-refractivity contribution in [2.75, 3.05) is 13.1 Å². The number of aliphatic carboxylic acids is 1. The van der Waals surface area contributed by atoms with Gasteiger partial charge in [-0.25, -0.2) is 0 Å². The molecule has 0 amide bonds. The Kier molecular flexibility index (Phi) is 4.98. The van der Waals surface area contributed by atoms with Gasteiger partial charge in [-0.15, -0.1) is 0 Å². The molecule has 0 atom stereocenters. The highest BCUT2D eigenvalue weighted by Gasteiger charge is 2.02. The average Bonchev–Trinajstić information content (AvgIpc) is 2.81. The number of unbranched alkanes of at least 4 members (excludes halogenated alkanes) is 1. The van der Waals surface area contributed by atoms with Crippen LogP contribution in [0.1, 0.15) is 24.8 Å². The molecule has 1 aromatic heterocycles. The lowest BCUT2D eigenvalue weighted by Gasteiger charge is -2.03. The molecule has 0 saturated carbocycles. The van der Waals surface area contributed by atoms with Crippen molar-refractivity contribution in [3.63, 3.8) is 0 Å². The molecule has 4 nitrogen and oxygen atoms in total. The van der Waals surface area contributed by atoms with E-state index in [9.17, 15) is 4.79 Å². The summed E-state index contributed by atoms with van der Waals surface area (Å²) in [6, 6.07) is 8.30.